The van der Waals surface area contributed by atoms with Crippen LogP contribution in [0.3, 0.4) is 0 Å². The highest BCUT2D eigenvalue weighted by Gasteiger charge is 2.06. The van der Waals surface area contributed by atoms with E-state index in [0.717, 1.165) is 0 Å². The molecule has 0 aliphatic heterocycles. The molecule has 2 heteroatoms. The number of nitrogens with one attached hydrogen (secondary N) is 1. The lowest BCUT2D eigenvalue weighted by molar-refractivity contribution is 0.131. The van der Waals surface area contributed by atoms with Gasteiger partial charge in [0.25, 0.3) is 0 Å². The Morgan fingerprint density at radius 3 is 2.00 bits per heavy atom. The summed E-state index contributed by atoms with van der Waals surface area (Å²) in [4.78, 5) is 0. The third kappa shape index (κ3) is 5.92. The standard InChI is InChI=1S/C5H13NO.H2/c1-5(2,3)4-6-7;/h6-7H,4H2,1-3H3;1H. The van der Waals surface area contributed by atoms with E-state index >= 15 is 0 Å². The van der Waals surface area contributed by atoms with Crippen LogP contribution in [0, 0.1) is 5.41 Å². The molecule has 0 aromatic carbocycles. The summed E-state index contributed by atoms with van der Waals surface area (Å²) in [5.41, 5.74) is 2.30. The van der Waals surface area contributed by atoms with Crippen molar-refractivity contribution in [3.8, 4) is 0 Å². The molecule has 0 spiro atoms. The van der Waals surface area contributed by atoms with Crippen LogP contribution in [-0.2, 0) is 0 Å². The van der Waals surface area contributed by atoms with E-state index in [2.05, 4.69) is 26.3 Å². The van der Waals surface area contributed by atoms with Crippen LogP contribution in [0.15, 0.2) is 0 Å². The van der Waals surface area contributed by atoms with Gasteiger partial charge in [-0.05, 0) is 5.41 Å². The SMILES string of the molecule is CC(C)(C)CNO.[HH]. The van der Waals surface area contributed by atoms with Crippen LogP contribution in [0.4, 0.5) is 0 Å². The average molecular weight is 105 g/mol. The van der Waals surface area contributed by atoms with Gasteiger partial charge in [0.05, 0.1) is 0 Å². The molecule has 0 radical (unpaired) electrons. The number of hydrogen-bond acceptors (Lipinski definition) is 2. The molecule has 7 heavy (non-hydrogen) atoms. The van der Waals surface area contributed by atoms with Gasteiger partial charge >= 0.3 is 0 Å². The second-order valence-electron chi connectivity index (χ2n) is 2.90. The van der Waals surface area contributed by atoms with Crippen molar-refractivity contribution < 1.29 is 6.63 Å². The van der Waals surface area contributed by atoms with Crippen LogP contribution >= 0.6 is 0 Å². The van der Waals surface area contributed by atoms with Crippen LogP contribution in [0.2, 0.25) is 0 Å². The molecule has 0 heterocycles. The molecule has 0 unspecified atom stereocenters. The molecule has 46 valence electrons. The highest BCUT2D eigenvalue weighted by Crippen LogP contribution is 2.09. The normalized spacial score (nSPS) is 12.0. The van der Waals surface area contributed by atoms with Crippen LogP contribution < -0.4 is 5.48 Å². The Bertz CT molecular complexity index is 50.9. The van der Waals surface area contributed by atoms with Gasteiger partial charge in [-0.3, -0.25) is 0 Å². The minimum atomic E-state index is 0. The molecule has 0 atom stereocenters. The summed E-state index contributed by atoms with van der Waals surface area (Å²) in [7, 11) is 0. The Morgan fingerprint density at radius 1 is 1.57 bits per heavy atom. The van der Waals surface area contributed by atoms with Crippen molar-refractivity contribution in [1.82, 2.24) is 5.48 Å². The van der Waals surface area contributed by atoms with Gasteiger partial charge in [-0.25, -0.2) is 5.48 Å². The van der Waals surface area contributed by atoms with Gasteiger partial charge in [0.2, 0.25) is 0 Å². The molecule has 0 fully saturated rings. The summed E-state index contributed by atoms with van der Waals surface area (Å²) in [6.45, 7) is 6.80. The fourth-order valence-corrected chi connectivity index (χ4v) is 0.237. The number of rotatable bonds is 1. The van der Waals surface area contributed by atoms with Crippen LogP contribution in [0.5, 0.6) is 0 Å². The van der Waals surface area contributed by atoms with Crippen LogP contribution in [0.1, 0.15) is 22.2 Å². The van der Waals surface area contributed by atoms with E-state index in [1.54, 1.807) is 0 Å². The second kappa shape index (κ2) is 2.28. The fourth-order valence-electron chi connectivity index (χ4n) is 0.237. The first-order chi connectivity index (χ1) is 3.06. The van der Waals surface area contributed by atoms with Crippen molar-refractivity contribution >= 4 is 0 Å². The van der Waals surface area contributed by atoms with Crippen molar-refractivity contribution in [3.05, 3.63) is 0 Å². The van der Waals surface area contributed by atoms with E-state index in [-0.39, 0.29) is 6.84 Å². The fraction of sp³-hybridized carbons (Fsp3) is 1.00. The zero-order valence-electron chi connectivity index (χ0n) is 5.15. The first kappa shape index (κ1) is 6.92. The van der Waals surface area contributed by atoms with Crippen LogP contribution in [0.25, 0.3) is 0 Å². The largest absolute Gasteiger partial charge is 0.317 e. The highest BCUT2D eigenvalue weighted by molar-refractivity contribution is 4.60. The summed E-state index contributed by atoms with van der Waals surface area (Å²) >= 11 is 0. The first-order valence-corrected chi connectivity index (χ1v) is 2.43. The van der Waals surface area contributed by atoms with Gasteiger partial charge in [0.1, 0.15) is 0 Å². The molecular weight excluding hydrogens is 90.1 g/mol. The molecule has 2 N–H and O–H groups in total. The van der Waals surface area contributed by atoms with E-state index < -0.39 is 0 Å². The highest BCUT2D eigenvalue weighted by atomic mass is 16.5. The summed E-state index contributed by atoms with van der Waals surface area (Å²) < 4.78 is 0. The lowest BCUT2D eigenvalue weighted by Crippen LogP contribution is -2.23. The average Bonchev–Trinajstić information content (AvgIpc) is 1.30. The van der Waals surface area contributed by atoms with E-state index in [1.165, 1.54) is 0 Å². The van der Waals surface area contributed by atoms with Crippen molar-refractivity contribution in [2.75, 3.05) is 6.54 Å². The second-order valence-corrected chi connectivity index (χ2v) is 2.90. The molecule has 0 aliphatic carbocycles. The molecule has 0 aromatic heterocycles. The van der Waals surface area contributed by atoms with Crippen molar-refractivity contribution in [2.24, 2.45) is 5.41 Å². The van der Waals surface area contributed by atoms with E-state index in [4.69, 9.17) is 5.21 Å². The molecule has 0 aliphatic rings. The monoisotopic (exact) mass is 105 g/mol. The van der Waals surface area contributed by atoms with E-state index in [0.29, 0.717) is 6.54 Å². The van der Waals surface area contributed by atoms with Crippen molar-refractivity contribution in [3.63, 3.8) is 0 Å². The third-order valence-electron chi connectivity index (χ3n) is 0.609. The predicted octanol–water partition coefficient (Wildman–Crippen LogP) is 1.26. The van der Waals surface area contributed by atoms with Gasteiger partial charge in [-0.1, -0.05) is 20.8 Å². The molecular formula is C5H15NO. The molecule has 0 bridgehead atoms. The molecule has 0 saturated heterocycles. The summed E-state index contributed by atoms with van der Waals surface area (Å²) in [6.07, 6.45) is 0. The molecule has 0 rings (SSSR count). The topological polar surface area (TPSA) is 32.3 Å². The number of hydroxylamine groups is 1. The van der Waals surface area contributed by atoms with Gasteiger partial charge < -0.3 is 5.21 Å². The van der Waals surface area contributed by atoms with Crippen molar-refractivity contribution in [1.29, 1.82) is 0 Å². The number of hydrogen-bond donors (Lipinski definition) is 2. The molecule has 0 saturated carbocycles. The third-order valence-corrected chi connectivity index (χ3v) is 0.609. The summed E-state index contributed by atoms with van der Waals surface area (Å²) in [6, 6.07) is 0. The summed E-state index contributed by atoms with van der Waals surface area (Å²) in [5, 5.41) is 8.15. The Hall–Kier alpha value is -0.0800. The minimum absolute atomic E-state index is 0. The predicted molar refractivity (Wildman–Crippen MR) is 31.4 cm³/mol. The van der Waals surface area contributed by atoms with Gasteiger partial charge in [0, 0.05) is 7.97 Å². The molecule has 0 amide bonds. The molecule has 2 nitrogen and oxygen atoms in total. The quantitative estimate of drug-likeness (QED) is 0.492. The van der Waals surface area contributed by atoms with Gasteiger partial charge in [-0.15, -0.1) is 0 Å². The maximum atomic E-state index is 8.15. The smallest absolute Gasteiger partial charge is 0.0256 e. The zero-order chi connectivity index (χ0) is 5.91. The lowest BCUT2D eigenvalue weighted by atomic mass is 9.98. The Balaban J connectivity index is 0. The molecule has 0 aromatic rings. The first-order valence-electron chi connectivity index (χ1n) is 2.43. The Morgan fingerprint density at radius 2 is 2.00 bits per heavy atom. The summed E-state index contributed by atoms with van der Waals surface area (Å²) in [5.74, 6) is 0. The Kier molecular flexibility index (Phi) is 2.26. The van der Waals surface area contributed by atoms with E-state index in [9.17, 15) is 0 Å². The zero-order valence-corrected chi connectivity index (χ0v) is 5.15. The van der Waals surface area contributed by atoms with Crippen LogP contribution in [-0.4, -0.2) is 11.8 Å². The van der Waals surface area contributed by atoms with Crippen molar-refractivity contribution in [2.45, 2.75) is 20.8 Å². The van der Waals surface area contributed by atoms with Gasteiger partial charge in [-0.2, -0.15) is 0 Å². The Labute approximate surface area is 46.0 Å². The van der Waals surface area contributed by atoms with E-state index in [1.807, 2.05) is 0 Å². The minimum Gasteiger partial charge on any atom is -0.317 e. The van der Waals surface area contributed by atoms with Gasteiger partial charge in [0.15, 0.2) is 0 Å². The maximum Gasteiger partial charge on any atom is 0.0256 e. The lowest BCUT2D eigenvalue weighted by Gasteiger charge is -2.15. The maximum absolute atomic E-state index is 8.15.